The van der Waals surface area contributed by atoms with Crippen LogP contribution in [0.25, 0.3) is 0 Å². The molecule has 0 bridgehead atoms. The summed E-state index contributed by atoms with van der Waals surface area (Å²) in [7, 11) is 0. The summed E-state index contributed by atoms with van der Waals surface area (Å²) in [6.45, 7) is 0. The molecule has 0 aliphatic carbocycles. The van der Waals surface area contributed by atoms with Gasteiger partial charge in [-0.2, -0.15) is 5.48 Å². The Bertz CT molecular complexity index is 752. The number of nitrogens with one attached hydrogen (secondary N) is 1. The first kappa shape index (κ1) is 16.7. The molecule has 3 aromatic carbocycles. The fourth-order valence-electron chi connectivity index (χ4n) is 2.69. The third kappa shape index (κ3) is 4.25. The molecule has 2 N–H and O–H groups in total. The van der Waals surface area contributed by atoms with Gasteiger partial charge in [-0.15, -0.1) is 0 Å². The molecule has 0 aromatic heterocycles. The van der Waals surface area contributed by atoms with Crippen LogP contribution in [0.2, 0.25) is 0 Å². The number of rotatable bonds is 6. The van der Waals surface area contributed by atoms with E-state index in [9.17, 15) is 9.90 Å². The van der Waals surface area contributed by atoms with Crippen molar-refractivity contribution in [1.29, 1.82) is 0 Å². The molecule has 1 amide bonds. The highest BCUT2D eigenvalue weighted by Crippen LogP contribution is 2.28. The van der Waals surface area contributed by atoms with Gasteiger partial charge in [-0.1, -0.05) is 78.9 Å². The fraction of sp³-hybridized carbons (Fsp3) is 0.0952. The Labute approximate surface area is 146 Å². The molecule has 1 atom stereocenters. The number of para-hydroxylation sites is 1. The predicted molar refractivity (Wildman–Crippen MR) is 95.9 cm³/mol. The molecule has 0 saturated heterocycles. The van der Waals surface area contributed by atoms with E-state index in [-0.39, 0.29) is 0 Å². The number of benzene rings is 3. The van der Waals surface area contributed by atoms with Crippen LogP contribution < -0.4 is 10.3 Å². The van der Waals surface area contributed by atoms with Gasteiger partial charge in [-0.25, -0.2) is 0 Å². The molecule has 0 radical (unpaired) electrons. The number of amides is 1. The van der Waals surface area contributed by atoms with Crippen LogP contribution in [0.1, 0.15) is 17.0 Å². The SMILES string of the molecule is O=C(NOc1ccccc1)C(O)C(c1ccccc1)c1ccccc1. The number of carbonyl (C=O) groups excluding carboxylic acids is 1. The van der Waals surface area contributed by atoms with Crippen LogP contribution in [0, 0.1) is 0 Å². The average molecular weight is 333 g/mol. The summed E-state index contributed by atoms with van der Waals surface area (Å²) in [6, 6.07) is 27.8. The molecule has 0 aliphatic rings. The van der Waals surface area contributed by atoms with Gasteiger partial charge in [-0.05, 0) is 23.3 Å². The first-order valence-electron chi connectivity index (χ1n) is 8.05. The van der Waals surface area contributed by atoms with Crippen LogP contribution in [0.3, 0.4) is 0 Å². The van der Waals surface area contributed by atoms with E-state index in [1.165, 1.54) is 0 Å². The molecule has 1 unspecified atom stereocenters. The Balaban J connectivity index is 1.79. The van der Waals surface area contributed by atoms with Crippen LogP contribution in [0.5, 0.6) is 5.75 Å². The Morgan fingerprint density at radius 2 is 1.20 bits per heavy atom. The van der Waals surface area contributed by atoms with Crippen LogP contribution in [0.15, 0.2) is 91.0 Å². The highest BCUT2D eigenvalue weighted by Gasteiger charge is 2.29. The Hall–Kier alpha value is -3.11. The van der Waals surface area contributed by atoms with Gasteiger partial charge in [-0.3, -0.25) is 4.79 Å². The van der Waals surface area contributed by atoms with Crippen LogP contribution in [-0.4, -0.2) is 17.1 Å². The van der Waals surface area contributed by atoms with E-state index in [4.69, 9.17) is 4.84 Å². The minimum absolute atomic E-state index is 0.484. The van der Waals surface area contributed by atoms with Crippen molar-refractivity contribution in [2.45, 2.75) is 12.0 Å². The molecular weight excluding hydrogens is 314 g/mol. The van der Waals surface area contributed by atoms with Crippen molar-refractivity contribution in [1.82, 2.24) is 5.48 Å². The van der Waals surface area contributed by atoms with E-state index in [2.05, 4.69) is 5.48 Å². The second-order valence-corrected chi connectivity index (χ2v) is 5.63. The number of aliphatic hydroxyl groups is 1. The highest BCUT2D eigenvalue weighted by atomic mass is 16.7. The van der Waals surface area contributed by atoms with Crippen molar-refractivity contribution in [3.05, 3.63) is 102 Å². The average Bonchev–Trinajstić information content (AvgIpc) is 2.69. The number of hydrogen-bond acceptors (Lipinski definition) is 3. The lowest BCUT2D eigenvalue weighted by atomic mass is 9.86. The Kier molecular flexibility index (Phi) is 5.44. The third-order valence-corrected chi connectivity index (χ3v) is 3.91. The van der Waals surface area contributed by atoms with E-state index in [1.807, 2.05) is 66.7 Å². The molecule has 126 valence electrons. The van der Waals surface area contributed by atoms with E-state index < -0.39 is 17.9 Å². The van der Waals surface area contributed by atoms with E-state index in [0.29, 0.717) is 5.75 Å². The highest BCUT2D eigenvalue weighted by molar-refractivity contribution is 5.81. The summed E-state index contributed by atoms with van der Waals surface area (Å²) in [5.41, 5.74) is 4.04. The molecule has 0 fully saturated rings. The van der Waals surface area contributed by atoms with Gasteiger partial charge in [0.15, 0.2) is 5.75 Å². The first-order valence-corrected chi connectivity index (χ1v) is 8.05. The second-order valence-electron chi connectivity index (χ2n) is 5.63. The molecule has 4 nitrogen and oxygen atoms in total. The second kappa shape index (κ2) is 8.13. The van der Waals surface area contributed by atoms with E-state index in [1.54, 1.807) is 24.3 Å². The third-order valence-electron chi connectivity index (χ3n) is 3.91. The number of carbonyl (C=O) groups is 1. The Morgan fingerprint density at radius 3 is 1.68 bits per heavy atom. The monoisotopic (exact) mass is 333 g/mol. The quantitative estimate of drug-likeness (QED) is 0.681. The van der Waals surface area contributed by atoms with Gasteiger partial charge in [0.05, 0.1) is 0 Å². The van der Waals surface area contributed by atoms with Crippen molar-refractivity contribution in [2.75, 3.05) is 0 Å². The molecule has 0 heterocycles. The largest absolute Gasteiger partial charge is 0.382 e. The van der Waals surface area contributed by atoms with Gasteiger partial charge in [0.2, 0.25) is 0 Å². The smallest absolute Gasteiger partial charge is 0.282 e. The lowest BCUT2D eigenvalue weighted by Crippen LogP contribution is -2.40. The summed E-state index contributed by atoms with van der Waals surface area (Å²) >= 11 is 0. The Morgan fingerprint density at radius 1 is 0.760 bits per heavy atom. The van der Waals surface area contributed by atoms with Gasteiger partial charge < -0.3 is 9.94 Å². The number of aliphatic hydroxyl groups excluding tert-OH is 1. The van der Waals surface area contributed by atoms with Crippen LogP contribution in [0.4, 0.5) is 0 Å². The topological polar surface area (TPSA) is 58.6 Å². The van der Waals surface area contributed by atoms with Crippen molar-refractivity contribution in [2.24, 2.45) is 0 Å². The molecule has 3 aromatic rings. The number of hydrogen-bond donors (Lipinski definition) is 2. The zero-order valence-corrected chi connectivity index (χ0v) is 13.6. The molecule has 0 spiro atoms. The summed E-state index contributed by atoms with van der Waals surface area (Å²) in [6.07, 6.45) is -1.28. The molecule has 4 heteroatoms. The zero-order chi connectivity index (χ0) is 17.5. The summed E-state index contributed by atoms with van der Waals surface area (Å²) < 4.78 is 0. The normalized spacial score (nSPS) is 11.8. The minimum atomic E-state index is -1.28. The summed E-state index contributed by atoms with van der Waals surface area (Å²) in [4.78, 5) is 17.7. The molecular formula is C21H19NO3. The maximum atomic E-state index is 12.4. The van der Waals surface area contributed by atoms with Gasteiger partial charge >= 0.3 is 0 Å². The van der Waals surface area contributed by atoms with Crippen molar-refractivity contribution < 1.29 is 14.7 Å². The van der Waals surface area contributed by atoms with Gasteiger partial charge in [0.1, 0.15) is 6.10 Å². The van der Waals surface area contributed by atoms with Crippen molar-refractivity contribution in [3.63, 3.8) is 0 Å². The number of hydroxylamine groups is 1. The maximum Gasteiger partial charge on any atom is 0.282 e. The first-order chi connectivity index (χ1) is 12.3. The van der Waals surface area contributed by atoms with E-state index >= 15 is 0 Å². The fourth-order valence-corrected chi connectivity index (χ4v) is 2.69. The molecule has 25 heavy (non-hydrogen) atoms. The van der Waals surface area contributed by atoms with Gasteiger partial charge in [0, 0.05) is 5.92 Å². The lowest BCUT2D eigenvalue weighted by Gasteiger charge is -2.23. The summed E-state index contributed by atoms with van der Waals surface area (Å²) in [5, 5.41) is 10.7. The predicted octanol–water partition coefficient (Wildman–Crippen LogP) is 3.29. The maximum absolute atomic E-state index is 12.4. The standard InChI is InChI=1S/C21H19NO3/c23-20(21(24)22-25-18-14-8-3-9-15-18)19(16-10-4-1-5-11-16)17-12-6-2-7-13-17/h1-15,19-20,23H,(H,22,24). The van der Waals surface area contributed by atoms with Crippen molar-refractivity contribution in [3.8, 4) is 5.75 Å². The van der Waals surface area contributed by atoms with Crippen molar-refractivity contribution >= 4 is 5.91 Å². The summed E-state index contributed by atoms with van der Waals surface area (Å²) in [5.74, 6) is -0.581. The molecule has 0 saturated carbocycles. The molecule has 0 aliphatic heterocycles. The van der Waals surface area contributed by atoms with Crippen LogP contribution in [-0.2, 0) is 4.79 Å². The minimum Gasteiger partial charge on any atom is -0.382 e. The van der Waals surface area contributed by atoms with Gasteiger partial charge in [0.25, 0.3) is 5.91 Å². The zero-order valence-electron chi connectivity index (χ0n) is 13.6. The van der Waals surface area contributed by atoms with Crippen LogP contribution >= 0.6 is 0 Å². The molecule has 3 rings (SSSR count). The van der Waals surface area contributed by atoms with E-state index in [0.717, 1.165) is 11.1 Å². The lowest BCUT2D eigenvalue weighted by molar-refractivity contribution is -0.136.